The minimum Gasteiger partial charge on any atom is -0.383 e. The lowest BCUT2D eigenvalue weighted by Crippen LogP contribution is -2.41. The number of carbonyl (C=O) groups is 1. The molecule has 0 saturated heterocycles. The summed E-state index contributed by atoms with van der Waals surface area (Å²) in [5.74, 6) is 0.0197. The number of benzene rings is 1. The number of amides is 1. The molecule has 1 amide bonds. The van der Waals surface area contributed by atoms with Crippen molar-refractivity contribution in [2.75, 3.05) is 40.5 Å². The number of nitrogens with zero attached hydrogens (tertiary/aromatic N) is 1. The maximum Gasteiger partial charge on any atom is 0.235 e. The summed E-state index contributed by atoms with van der Waals surface area (Å²) in [5.41, 5.74) is 1.11. The van der Waals surface area contributed by atoms with Crippen LogP contribution in [0.3, 0.4) is 0 Å². The van der Waals surface area contributed by atoms with Crippen molar-refractivity contribution < 1.29 is 14.3 Å². The Morgan fingerprint density at radius 3 is 2.20 bits per heavy atom. The Balaban J connectivity index is 2.57. The van der Waals surface area contributed by atoms with Gasteiger partial charge in [-0.15, -0.1) is 0 Å². The lowest BCUT2D eigenvalue weighted by Gasteiger charge is -2.25. The summed E-state index contributed by atoms with van der Waals surface area (Å²) < 4.78 is 10.1. The van der Waals surface area contributed by atoms with Crippen molar-refractivity contribution in [3.05, 3.63) is 35.9 Å². The van der Waals surface area contributed by atoms with E-state index in [4.69, 9.17) is 9.47 Å². The molecule has 1 rings (SSSR count). The van der Waals surface area contributed by atoms with Crippen LogP contribution in [0.4, 0.5) is 0 Å². The van der Waals surface area contributed by atoms with Gasteiger partial charge in [0, 0.05) is 27.3 Å². The Kier molecular flexibility index (Phi) is 8.34. The minimum absolute atomic E-state index is 0.0197. The molecule has 112 valence electrons. The van der Waals surface area contributed by atoms with E-state index in [1.165, 1.54) is 0 Å². The molecule has 1 unspecified atom stereocenters. The van der Waals surface area contributed by atoms with Crippen molar-refractivity contribution >= 4 is 18.5 Å². The molecule has 1 atom stereocenters. The van der Waals surface area contributed by atoms with Gasteiger partial charge < -0.3 is 14.4 Å². The van der Waals surface area contributed by atoms with Gasteiger partial charge in [-0.1, -0.05) is 30.3 Å². The molecule has 4 nitrogen and oxygen atoms in total. The molecule has 0 fully saturated rings. The first kappa shape index (κ1) is 17.0. The zero-order chi connectivity index (χ0) is 14.8. The van der Waals surface area contributed by atoms with Gasteiger partial charge in [0.15, 0.2) is 0 Å². The fourth-order valence-electron chi connectivity index (χ4n) is 1.87. The molecule has 0 bridgehead atoms. The number of carbonyl (C=O) groups excluding carboxylic acids is 1. The van der Waals surface area contributed by atoms with Crippen LogP contribution < -0.4 is 0 Å². The van der Waals surface area contributed by atoms with Gasteiger partial charge in [-0.05, 0) is 12.0 Å². The summed E-state index contributed by atoms with van der Waals surface area (Å²) in [4.78, 5) is 14.1. The average Bonchev–Trinajstić information content (AvgIpc) is 2.48. The van der Waals surface area contributed by atoms with E-state index in [1.54, 1.807) is 19.1 Å². The molecular weight excluding hydrogens is 274 g/mol. The van der Waals surface area contributed by atoms with Gasteiger partial charge in [0.25, 0.3) is 0 Å². The number of hydrogen-bond donors (Lipinski definition) is 1. The van der Waals surface area contributed by atoms with Crippen LogP contribution in [-0.4, -0.2) is 56.6 Å². The average molecular weight is 297 g/mol. The highest BCUT2D eigenvalue weighted by molar-refractivity contribution is 7.81. The molecule has 1 aromatic rings. The predicted molar refractivity (Wildman–Crippen MR) is 83.3 cm³/mol. The highest BCUT2D eigenvalue weighted by atomic mass is 32.1. The van der Waals surface area contributed by atoms with Gasteiger partial charge in [0.2, 0.25) is 5.91 Å². The number of rotatable bonds is 9. The third-order valence-corrected chi connectivity index (χ3v) is 3.40. The zero-order valence-corrected chi connectivity index (χ0v) is 13.0. The first-order valence-corrected chi connectivity index (χ1v) is 7.19. The van der Waals surface area contributed by atoms with Crippen molar-refractivity contribution in [3.63, 3.8) is 0 Å². The highest BCUT2D eigenvalue weighted by Crippen LogP contribution is 2.11. The molecule has 5 heteroatoms. The largest absolute Gasteiger partial charge is 0.383 e. The van der Waals surface area contributed by atoms with E-state index in [-0.39, 0.29) is 11.2 Å². The number of ether oxygens (including phenoxy) is 2. The topological polar surface area (TPSA) is 38.8 Å². The SMILES string of the molecule is COCCN(CCOC)C(=O)C(S)Cc1ccccc1. The maximum absolute atomic E-state index is 12.4. The van der Waals surface area contributed by atoms with Gasteiger partial charge in [0.1, 0.15) is 0 Å². The number of thiol groups is 1. The quantitative estimate of drug-likeness (QED) is 0.704. The van der Waals surface area contributed by atoms with Gasteiger partial charge in [-0.2, -0.15) is 12.6 Å². The molecule has 0 aliphatic carbocycles. The highest BCUT2D eigenvalue weighted by Gasteiger charge is 2.21. The van der Waals surface area contributed by atoms with Crippen molar-refractivity contribution in [1.29, 1.82) is 0 Å². The fraction of sp³-hybridized carbons (Fsp3) is 0.533. The first-order chi connectivity index (χ1) is 9.69. The van der Waals surface area contributed by atoms with Crippen LogP contribution in [0, 0.1) is 0 Å². The normalized spacial score (nSPS) is 12.2. The second kappa shape index (κ2) is 9.80. The van der Waals surface area contributed by atoms with Crippen molar-refractivity contribution in [2.24, 2.45) is 0 Å². The summed E-state index contributed by atoms with van der Waals surface area (Å²) in [6.07, 6.45) is 0.624. The first-order valence-electron chi connectivity index (χ1n) is 6.67. The van der Waals surface area contributed by atoms with Crippen LogP contribution in [0.5, 0.6) is 0 Å². The van der Waals surface area contributed by atoms with Crippen LogP contribution >= 0.6 is 12.6 Å². The lowest BCUT2D eigenvalue weighted by molar-refractivity contribution is -0.131. The summed E-state index contributed by atoms with van der Waals surface area (Å²) in [6.45, 7) is 2.15. The third kappa shape index (κ3) is 5.94. The smallest absolute Gasteiger partial charge is 0.235 e. The second-order valence-corrected chi connectivity index (χ2v) is 5.14. The summed E-state index contributed by atoms with van der Waals surface area (Å²) in [7, 11) is 3.25. The molecule has 0 saturated carbocycles. The Morgan fingerprint density at radius 2 is 1.70 bits per heavy atom. The van der Waals surface area contributed by atoms with Crippen LogP contribution in [-0.2, 0) is 20.7 Å². The monoisotopic (exact) mass is 297 g/mol. The zero-order valence-electron chi connectivity index (χ0n) is 12.1. The van der Waals surface area contributed by atoms with Gasteiger partial charge in [-0.3, -0.25) is 4.79 Å². The van der Waals surface area contributed by atoms with Gasteiger partial charge in [-0.25, -0.2) is 0 Å². The maximum atomic E-state index is 12.4. The van der Waals surface area contributed by atoms with E-state index in [9.17, 15) is 4.79 Å². The molecule has 20 heavy (non-hydrogen) atoms. The molecule has 0 aromatic heterocycles. The van der Waals surface area contributed by atoms with Crippen molar-refractivity contribution in [2.45, 2.75) is 11.7 Å². The molecule has 0 aliphatic rings. The van der Waals surface area contributed by atoms with E-state index in [0.717, 1.165) is 5.56 Å². The van der Waals surface area contributed by atoms with Crippen LogP contribution in [0.2, 0.25) is 0 Å². The molecule has 1 aromatic carbocycles. The van der Waals surface area contributed by atoms with E-state index < -0.39 is 0 Å². The Bertz CT molecular complexity index is 378. The molecule has 0 heterocycles. The van der Waals surface area contributed by atoms with Crippen LogP contribution in [0.25, 0.3) is 0 Å². The molecule has 0 N–H and O–H groups in total. The summed E-state index contributed by atoms with van der Waals surface area (Å²) in [6, 6.07) is 9.90. The number of hydrogen-bond acceptors (Lipinski definition) is 4. The third-order valence-electron chi connectivity index (χ3n) is 3.00. The summed E-state index contributed by atoms with van der Waals surface area (Å²) >= 11 is 4.45. The van der Waals surface area contributed by atoms with Crippen molar-refractivity contribution in [3.8, 4) is 0 Å². The molecular formula is C15H23NO3S. The Morgan fingerprint density at radius 1 is 1.15 bits per heavy atom. The van der Waals surface area contributed by atoms with Crippen LogP contribution in [0.1, 0.15) is 5.56 Å². The van der Waals surface area contributed by atoms with E-state index in [1.807, 2.05) is 30.3 Å². The Labute approximate surface area is 126 Å². The van der Waals surface area contributed by atoms with E-state index in [2.05, 4.69) is 12.6 Å². The van der Waals surface area contributed by atoms with E-state index >= 15 is 0 Å². The molecule has 0 spiro atoms. The standard InChI is InChI=1S/C15H23NO3S/c1-18-10-8-16(9-11-19-2)15(17)14(20)12-13-6-4-3-5-7-13/h3-7,14,20H,8-12H2,1-2H3. The van der Waals surface area contributed by atoms with Crippen molar-refractivity contribution in [1.82, 2.24) is 4.90 Å². The fourth-order valence-corrected chi connectivity index (χ4v) is 2.24. The van der Waals surface area contributed by atoms with Crippen LogP contribution in [0.15, 0.2) is 30.3 Å². The van der Waals surface area contributed by atoms with Gasteiger partial charge >= 0.3 is 0 Å². The minimum atomic E-state index is -0.342. The predicted octanol–water partition coefficient (Wildman–Crippen LogP) is 1.65. The second-order valence-electron chi connectivity index (χ2n) is 4.52. The Hall–Kier alpha value is -1.04. The molecule has 0 aliphatic heterocycles. The van der Waals surface area contributed by atoms with Gasteiger partial charge in [0.05, 0.1) is 18.5 Å². The lowest BCUT2D eigenvalue weighted by atomic mass is 10.1. The van der Waals surface area contributed by atoms with E-state index in [0.29, 0.717) is 32.7 Å². The molecule has 0 radical (unpaired) electrons. The number of methoxy groups -OCH3 is 2. The summed E-state index contributed by atoms with van der Waals surface area (Å²) in [5, 5.41) is -0.342.